The highest BCUT2D eigenvalue weighted by atomic mass is 19.4. The van der Waals surface area contributed by atoms with Crippen LogP contribution in [-0.2, 0) is 24.1 Å². The first-order chi connectivity index (χ1) is 16.6. The molecule has 2 bridgehead atoms. The van der Waals surface area contributed by atoms with Crippen LogP contribution in [0.25, 0.3) is 5.78 Å². The first kappa shape index (κ1) is 22.3. The number of aryl methyl sites for hydroxylation is 1. The number of alkyl halides is 3. The van der Waals surface area contributed by atoms with E-state index < -0.39 is 17.8 Å². The van der Waals surface area contributed by atoms with Gasteiger partial charge in [0.25, 0.3) is 5.78 Å². The first-order valence-corrected chi connectivity index (χ1v) is 12.0. The largest absolute Gasteiger partial charge is 0.416 e. The lowest BCUT2D eigenvalue weighted by Crippen LogP contribution is -2.44. The number of rotatable bonds is 4. The molecule has 1 unspecified atom stereocenters. The van der Waals surface area contributed by atoms with Crippen LogP contribution in [0.5, 0.6) is 0 Å². The smallest absolute Gasteiger partial charge is 0.363 e. The monoisotopic (exact) mass is 484 g/mol. The molecule has 2 aromatic heterocycles. The second kappa shape index (κ2) is 7.41. The van der Waals surface area contributed by atoms with Gasteiger partial charge in [-0.05, 0) is 69.6 Å². The average molecular weight is 485 g/mol. The Bertz CT molecular complexity index is 1350. The maximum Gasteiger partial charge on any atom is 0.416 e. The fraction of sp³-hybridized carbons (Fsp3) is 0.520. The minimum atomic E-state index is -4.42. The van der Waals surface area contributed by atoms with Crippen molar-refractivity contribution in [1.29, 1.82) is 0 Å². The highest BCUT2D eigenvalue weighted by molar-refractivity contribution is 5.85. The Labute approximate surface area is 200 Å². The number of fused-ring (bicyclic) bond motifs is 4. The van der Waals surface area contributed by atoms with Crippen LogP contribution in [0.15, 0.2) is 18.2 Å². The molecule has 0 radical (unpaired) electrons. The molecule has 10 heteroatoms. The Morgan fingerprint density at radius 3 is 2.66 bits per heavy atom. The first-order valence-electron chi connectivity index (χ1n) is 12.0. The van der Waals surface area contributed by atoms with Gasteiger partial charge in [0.05, 0.1) is 30.4 Å². The van der Waals surface area contributed by atoms with Crippen LogP contribution in [0.2, 0.25) is 0 Å². The zero-order chi connectivity index (χ0) is 24.7. The van der Waals surface area contributed by atoms with Gasteiger partial charge in [-0.3, -0.25) is 9.20 Å². The fourth-order valence-electron chi connectivity index (χ4n) is 6.47. The van der Waals surface area contributed by atoms with Crippen LogP contribution in [0.4, 0.5) is 19.0 Å². The Morgan fingerprint density at radius 1 is 1.20 bits per heavy atom. The molecule has 4 aliphatic rings. The van der Waals surface area contributed by atoms with Crippen LogP contribution in [0.1, 0.15) is 72.4 Å². The Hall–Kier alpha value is -3.17. The number of aromatic nitrogens is 4. The van der Waals surface area contributed by atoms with Crippen molar-refractivity contribution >= 4 is 17.5 Å². The quantitative estimate of drug-likeness (QED) is 0.566. The molecule has 3 saturated carbocycles. The summed E-state index contributed by atoms with van der Waals surface area (Å²) in [6.45, 7) is 6.02. The summed E-state index contributed by atoms with van der Waals surface area (Å²) in [5, 5.41) is 11.7. The lowest BCUT2D eigenvalue weighted by molar-refractivity contribution is -0.147. The Morgan fingerprint density at radius 2 is 1.97 bits per heavy atom. The van der Waals surface area contributed by atoms with E-state index in [1.165, 1.54) is 13.0 Å². The number of nitrogens with zero attached hydrogens (tertiary/aromatic N) is 5. The highest BCUT2D eigenvalue weighted by Crippen LogP contribution is 2.60. The summed E-state index contributed by atoms with van der Waals surface area (Å²) in [6, 6.07) is 3.79. The maximum atomic E-state index is 13.5. The minimum absolute atomic E-state index is 0.188. The van der Waals surface area contributed by atoms with Crippen molar-refractivity contribution in [2.24, 2.45) is 11.3 Å². The number of amides is 1. The van der Waals surface area contributed by atoms with Crippen LogP contribution in [0.3, 0.4) is 0 Å². The number of hydrogen-bond acceptors (Lipinski definition) is 5. The second-order valence-corrected chi connectivity index (χ2v) is 10.4. The predicted octanol–water partition coefficient (Wildman–Crippen LogP) is 4.97. The molecule has 35 heavy (non-hydrogen) atoms. The van der Waals surface area contributed by atoms with Crippen LogP contribution >= 0.6 is 0 Å². The van der Waals surface area contributed by atoms with E-state index in [1.807, 2.05) is 23.1 Å². The van der Waals surface area contributed by atoms with Gasteiger partial charge in [-0.1, -0.05) is 12.1 Å². The summed E-state index contributed by atoms with van der Waals surface area (Å²) >= 11 is 0. The van der Waals surface area contributed by atoms with Crippen molar-refractivity contribution in [3.8, 4) is 0 Å². The molecule has 3 aliphatic carbocycles. The van der Waals surface area contributed by atoms with Crippen molar-refractivity contribution in [2.75, 3.05) is 5.32 Å². The van der Waals surface area contributed by atoms with Gasteiger partial charge in [0.1, 0.15) is 11.6 Å². The molecule has 1 amide bonds. The molecule has 3 fully saturated rings. The molecule has 0 saturated heterocycles. The summed E-state index contributed by atoms with van der Waals surface area (Å²) in [5.74, 6) is 2.53. The summed E-state index contributed by atoms with van der Waals surface area (Å²) < 4.78 is 42.3. The average Bonchev–Trinajstić information content (AvgIpc) is 3.55. The molecule has 3 aromatic rings. The van der Waals surface area contributed by atoms with Crippen molar-refractivity contribution in [1.82, 2.24) is 24.5 Å². The molecule has 7 rings (SSSR count). The van der Waals surface area contributed by atoms with E-state index in [0.717, 1.165) is 43.0 Å². The van der Waals surface area contributed by atoms with Crippen LogP contribution in [0, 0.1) is 25.2 Å². The third-order valence-electron chi connectivity index (χ3n) is 8.24. The summed E-state index contributed by atoms with van der Waals surface area (Å²) in [6.07, 6.45) is -0.370. The van der Waals surface area contributed by atoms with Gasteiger partial charge in [-0.2, -0.15) is 18.2 Å². The molecule has 1 aliphatic heterocycles. The van der Waals surface area contributed by atoms with Gasteiger partial charge in [0.2, 0.25) is 5.91 Å². The fourth-order valence-corrected chi connectivity index (χ4v) is 6.47. The zero-order valence-electron chi connectivity index (χ0n) is 19.9. The van der Waals surface area contributed by atoms with Gasteiger partial charge >= 0.3 is 6.18 Å². The van der Waals surface area contributed by atoms with E-state index in [9.17, 15) is 18.0 Å². The molecular formula is C25H27F3N6O. The third-order valence-corrected chi connectivity index (χ3v) is 8.24. The molecule has 1 atom stereocenters. The lowest BCUT2D eigenvalue weighted by Gasteiger charge is -2.39. The number of benzene rings is 1. The van der Waals surface area contributed by atoms with E-state index in [1.54, 1.807) is 6.07 Å². The number of halogens is 3. The number of carbonyl (C=O) groups is 1. The van der Waals surface area contributed by atoms with E-state index in [4.69, 9.17) is 0 Å². The second-order valence-electron chi connectivity index (χ2n) is 10.4. The molecule has 0 spiro atoms. The number of nitrogens with one attached hydrogen (secondary N) is 1. The van der Waals surface area contributed by atoms with E-state index in [-0.39, 0.29) is 16.9 Å². The summed E-state index contributed by atoms with van der Waals surface area (Å²) in [7, 11) is 0. The SMILES string of the molecule is Cc1c(C(C)Nc2nc3nnc(C)n3c3c2CN(C(=O)C24CCC(C2)C4)C3)cccc1C(F)(F)F. The number of anilines is 1. The maximum absolute atomic E-state index is 13.5. The third kappa shape index (κ3) is 3.32. The van der Waals surface area contributed by atoms with E-state index >= 15 is 0 Å². The van der Waals surface area contributed by atoms with Crippen molar-refractivity contribution in [3.63, 3.8) is 0 Å². The molecule has 7 nitrogen and oxygen atoms in total. The van der Waals surface area contributed by atoms with E-state index in [0.29, 0.717) is 42.0 Å². The molecule has 3 heterocycles. The van der Waals surface area contributed by atoms with Crippen molar-refractivity contribution < 1.29 is 18.0 Å². The summed E-state index contributed by atoms with van der Waals surface area (Å²) in [5.41, 5.74) is 1.66. The molecule has 1 N–H and O–H groups in total. The predicted molar refractivity (Wildman–Crippen MR) is 122 cm³/mol. The summed E-state index contributed by atoms with van der Waals surface area (Å²) in [4.78, 5) is 20.1. The minimum Gasteiger partial charge on any atom is -0.363 e. The van der Waals surface area contributed by atoms with Gasteiger partial charge in [0, 0.05) is 11.0 Å². The van der Waals surface area contributed by atoms with Crippen LogP contribution < -0.4 is 5.32 Å². The number of hydrogen-bond donors (Lipinski definition) is 1. The van der Waals surface area contributed by atoms with E-state index in [2.05, 4.69) is 20.5 Å². The van der Waals surface area contributed by atoms with Gasteiger partial charge < -0.3 is 10.2 Å². The Kier molecular flexibility index (Phi) is 4.72. The standard InChI is InChI=1S/C25H27F3N6O/c1-13-17(5-4-6-19(13)25(26,27)28)14(2)29-21-18-11-33(22(35)24-8-7-16(9-24)10-24)12-20(18)34-15(3)31-32-23(34)30-21/h4-6,14,16H,7-12H2,1-3H3,(H,29,30,32). The van der Waals surface area contributed by atoms with Crippen molar-refractivity contribution in [3.05, 3.63) is 52.0 Å². The topological polar surface area (TPSA) is 75.4 Å². The normalized spacial score (nSPS) is 23.9. The lowest BCUT2D eigenvalue weighted by atomic mass is 9.69. The van der Waals surface area contributed by atoms with Crippen LogP contribution in [-0.4, -0.2) is 30.4 Å². The molecular weight excluding hydrogens is 457 g/mol. The van der Waals surface area contributed by atoms with Gasteiger partial charge in [-0.25, -0.2) is 0 Å². The number of carbonyl (C=O) groups excluding carboxylic acids is 1. The Balaban J connectivity index is 1.35. The zero-order valence-corrected chi connectivity index (χ0v) is 19.9. The molecule has 1 aromatic carbocycles. The van der Waals surface area contributed by atoms with Gasteiger partial charge in [0.15, 0.2) is 0 Å². The highest BCUT2D eigenvalue weighted by Gasteiger charge is 2.57. The van der Waals surface area contributed by atoms with Crippen molar-refractivity contribution in [2.45, 2.75) is 71.8 Å². The molecule has 184 valence electrons. The van der Waals surface area contributed by atoms with Gasteiger partial charge in [-0.15, -0.1) is 10.2 Å².